The van der Waals surface area contributed by atoms with Crippen molar-refractivity contribution in [2.75, 3.05) is 19.6 Å². The maximum Gasteiger partial charge on any atom is 0.315 e. The zero-order valence-electron chi connectivity index (χ0n) is 15.1. The minimum Gasteiger partial charge on any atom is -0.333 e. The van der Waals surface area contributed by atoms with Gasteiger partial charge in [-0.25, -0.2) is 4.79 Å². The Bertz CT molecular complexity index is 630. The van der Waals surface area contributed by atoms with Crippen molar-refractivity contribution in [3.05, 3.63) is 42.0 Å². The summed E-state index contributed by atoms with van der Waals surface area (Å²) in [6, 6.07) is 8.51. The highest BCUT2D eigenvalue weighted by Gasteiger charge is 2.38. The summed E-state index contributed by atoms with van der Waals surface area (Å²) in [6.45, 7) is 13.7. The van der Waals surface area contributed by atoms with Crippen LogP contribution in [0.5, 0.6) is 0 Å². The fourth-order valence-corrected chi connectivity index (χ4v) is 4.04. The molecule has 3 fully saturated rings. The molecule has 0 spiro atoms. The minimum atomic E-state index is -0.420. The number of rotatable bonds is 4. The van der Waals surface area contributed by atoms with Crippen LogP contribution in [0.4, 0.5) is 4.79 Å². The Labute approximate surface area is 145 Å². The Morgan fingerprint density at radius 3 is 2.58 bits per heavy atom. The van der Waals surface area contributed by atoms with Gasteiger partial charge in [0.15, 0.2) is 0 Å². The average Bonchev–Trinajstić information content (AvgIpc) is 2.55. The van der Waals surface area contributed by atoms with Crippen molar-refractivity contribution in [3.8, 4) is 0 Å². The van der Waals surface area contributed by atoms with Gasteiger partial charge in [0.25, 0.3) is 0 Å². The molecular formula is C20H30N3O+. The van der Waals surface area contributed by atoms with Crippen LogP contribution in [-0.4, -0.2) is 31.7 Å². The summed E-state index contributed by atoms with van der Waals surface area (Å²) in [7, 11) is 0. The highest BCUT2D eigenvalue weighted by molar-refractivity contribution is 5.75. The molecule has 2 bridgehead atoms. The van der Waals surface area contributed by atoms with Gasteiger partial charge in [-0.1, -0.05) is 30.4 Å². The number of benzene rings is 1. The molecule has 3 aliphatic rings. The molecule has 0 saturated carbocycles. The first-order valence-corrected chi connectivity index (χ1v) is 9.04. The van der Waals surface area contributed by atoms with Gasteiger partial charge in [-0.15, -0.1) is 0 Å². The van der Waals surface area contributed by atoms with Gasteiger partial charge in [-0.2, -0.15) is 0 Å². The van der Waals surface area contributed by atoms with Crippen molar-refractivity contribution in [2.45, 2.75) is 45.2 Å². The Morgan fingerprint density at radius 1 is 1.29 bits per heavy atom. The summed E-state index contributed by atoms with van der Waals surface area (Å²) >= 11 is 0. The van der Waals surface area contributed by atoms with Gasteiger partial charge >= 0.3 is 6.03 Å². The van der Waals surface area contributed by atoms with Crippen LogP contribution in [0, 0.1) is 5.92 Å². The molecule has 24 heavy (non-hydrogen) atoms. The van der Waals surface area contributed by atoms with Crippen LogP contribution in [0.25, 0.3) is 5.57 Å². The standard InChI is InChI=1S/C20H29N3O/c1-14(2)16-6-5-7-17(12-16)20(3,4)22-19(24)21-18-13-23-10-8-15(18)9-11-23/h5-7,12,15,18H,1,8-11,13H2,2-4H3,(H2,21,22,24)/p+1/t18-/m0/s1. The molecule has 130 valence electrons. The van der Waals surface area contributed by atoms with Gasteiger partial charge < -0.3 is 15.5 Å². The van der Waals surface area contributed by atoms with Crippen molar-refractivity contribution in [1.82, 2.24) is 10.6 Å². The van der Waals surface area contributed by atoms with Gasteiger partial charge in [0.05, 0.1) is 31.2 Å². The SMILES string of the molecule is C=C(C)c1cccc(C(C)(C)NC(=O)N[C@H]2C[NH+]3CCC2CC3)c1. The van der Waals surface area contributed by atoms with Gasteiger partial charge in [-0.3, -0.25) is 0 Å². The summed E-state index contributed by atoms with van der Waals surface area (Å²) < 4.78 is 0. The summed E-state index contributed by atoms with van der Waals surface area (Å²) in [5.41, 5.74) is 2.82. The molecule has 3 saturated heterocycles. The second-order valence-electron chi connectivity index (χ2n) is 7.98. The van der Waals surface area contributed by atoms with Crippen LogP contribution >= 0.6 is 0 Å². The Balaban J connectivity index is 1.64. The number of quaternary nitrogens is 1. The lowest BCUT2D eigenvalue weighted by molar-refractivity contribution is -0.917. The Kier molecular flexibility index (Phi) is 4.68. The van der Waals surface area contributed by atoms with Gasteiger partial charge in [0, 0.05) is 12.8 Å². The molecule has 3 aliphatic heterocycles. The molecular weight excluding hydrogens is 298 g/mol. The van der Waals surface area contributed by atoms with Crippen LogP contribution in [0.1, 0.15) is 44.7 Å². The summed E-state index contributed by atoms with van der Waals surface area (Å²) in [6.07, 6.45) is 2.48. The van der Waals surface area contributed by atoms with Crippen LogP contribution in [-0.2, 0) is 5.54 Å². The van der Waals surface area contributed by atoms with Crippen LogP contribution in [0.2, 0.25) is 0 Å². The third-order valence-electron chi connectivity index (χ3n) is 5.63. The van der Waals surface area contributed by atoms with Crippen molar-refractivity contribution in [1.29, 1.82) is 0 Å². The second-order valence-corrected chi connectivity index (χ2v) is 7.98. The number of fused-ring (bicyclic) bond motifs is 3. The molecule has 3 N–H and O–H groups in total. The summed E-state index contributed by atoms with van der Waals surface area (Å²) in [5, 5.41) is 6.38. The van der Waals surface area contributed by atoms with E-state index in [-0.39, 0.29) is 6.03 Å². The molecule has 3 heterocycles. The summed E-state index contributed by atoms with van der Waals surface area (Å²) in [5.74, 6) is 0.656. The zero-order valence-corrected chi connectivity index (χ0v) is 15.1. The van der Waals surface area contributed by atoms with Crippen LogP contribution < -0.4 is 15.5 Å². The number of piperidine rings is 3. The maximum absolute atomic E-state index is 12.5. The normalized spacial score (nSPS) is 26.0. The predicted octanol–water partition coefficient (Wildman–Crippen LogP) is 1.93. The smallest absolute Gasteiger partial charge is 0.315 e. The second kappa shape index (κ2) is 6.60. The Morgan fingerprint density at radius 2 is 2.00 bits per heavy atom. The highest BCUT2D eigenvalue weighted by Crippen LogP contribution is 2.24. The lowest BCUT2D eigenvalue weighted by Crippen LogP contribution is -3.17. The third kappa shape index (κ3) is 3.64. The van der Waals surface area contributed by atoms with E-state index in [1.165, 1.54) is 25.9 Å². The molecule has 4 heteroatoms. The van der Waals surface area contributed by atoms with Gasteiger partial charge in [0.2, 0.25) is 0 Å². The molecule has 1 atom stereocenters. The minimum absolute atomic E-state index is 0.0566. The molecule has 1 aromatic carbocycles. The predicted molar refractivity (Wildman–Crippen MR) is 97.9 cm³/mol. The number of allylic oxidation sites excluding steroid dienone is 1. The number of hydrogen-bond acceptors (Lipinski definition) is 1. The molecule has 4 nitrogen and oxygen atoms in total. The van der Waals surface area contributed by atoms with Gasteiger partial charge in [-0.05, 0) is 43.9 Å². The van der Waals surface area contributed by atoms with E-state index in [1.807, 2.05) is 26.8 Å². The molecule has 0 aliphatic carbocycles. The summed E-state index contributed by atoms with van der Waals surface area (Å²) in [4.78, 5) is 14.2. The lowest BCUT2D eigenvalue weighted by Gasteiger charge is -2.42. The topological polar surface area (TPSA) is 45.6 Å². The lowest BCUT2D eigenvalue weighted by atomic mass is 9.84. The molecule has 1 aromatic rings. The average molecular weight is 328 g/mol. The first-order valence-electron chi connectivity index (χ1n) is 9.04. The number of nitrogens with one attached hydrogen (secondary N) is 3. The van der Waals surface area contributed by atoms with E-state index in [2.05, 4.69) is 35.4 Å². The third-order valence-corrected chi connectivity index (χ3v) is 5.63. The van der Waals surface area contributed by atoms with E-state index in [9.17, 15) is 4.79 Å². The largest absolute Gasteiger partial charge is 0.333 e. The monoisotopic (exact) mass is 328 g/mol. The molecule has 0 radical (unpaired) electrons. The first-order chi connectivity index (χ1) is 11.3. The molecule has 0 unspecified atom stereocenters. The van der Waals surface area contributed by atoms with Crippen LogP contribution in [0.3, 0.4) is 0 Å². The zero-order chi connectivity index (χ0) is 17.3. The van der Waals surface area contributed by atoms with E-state index in [0.717, 1.165) is 23.2 Å². The number of amides is 2. The Hall–Kier alpha value is -1.81. The van der Waals surface area contributed by atoms with Crippen molar-refractivity contribution in [2.24, 2.45) is 5.92 Å². The van der Waals surface area contributed by atoms with Gasteiger partial charge in [0.1, 0.15) is 0 Å². The molecule has 2 amide bonds. The van der Waals surface area contributed by atoms with E-state index in [0.29, 0.717) is 12.0 Å². The van der Waals surface area contributed by atoms with Crippen molar-refractivity contribution >= 4 is 11.6 Å². The van der Waals surface area contributed by atoms with Crippen molar-refractivity contribution in [3.63, 3.8) is 0 Å². The van der Waals surface area contributed by atoms with Crippen molar-refractivity contribution < 1.29 is 9.69 Å². The highest BCUT2D eigenvalue weighted by atomic mass is 16.2. The quantitative estimate of drug-likeness (QED) is 0.777. The van der Waals surface area contributed by atoms with E-state index >= 15 is 0 Å². The molecule has 0 aromatic heterocycles. The maximum atomic E-state index is 12.5. The molecule has 4 rings (SSSR count). The number of carbonyl (C=O) groups excluding carboxylic acids is 1. The fraction of sp³-hybridized carbons (Fsp3) is 0.550. The first kappa shape index (κ1) is 17.0. The number of hydrogen-bond donors (Lipinski definition) is 3. The van der Waals surface area contributed by atoms with E-state index in [1.54, 1.807) is 4.90 Å². The van der Waals surface area contributed by atoms with Crippen LogP contribution in [0.15, 0.2) is 30.8 Å². The fourth-order valence-electron chi connectivity index (χ4n) is 4.04. The number of urea groups is 1. The van der Waals surface area contributed by atoms with E-state index < -0.39 is 5.54 Å². The van der Waals surface area contributed by atoms with E-state index in [4.69, 9.17) is 0 Å². The number of carbonyl (C=O) groups is 1.